The molecule has 0 saturated heterocycles. The van der Waals surface area contributed by atoms with Crippen LogP contribution in [0.3, 0.4) is 0 Å². The third kappa shape index (κ3) is 8.66. The van der Waals surface area contributed by atoms with Gasteiger partial charge in [-0.05, 0) is 26.7 Å². The van der Waals surface area contributed by atoms with Gasteiger partial charge in [0.25, 0.3) is 11.8 Å². The molecule has 1 atom stereocenters. The molecule has 0 aliphatic carbocycles. The van der Waals surface area contributed by atoms with Gasteiger partial charge in [0, 0.05) is 16.7 Å². The molecule has 0 radical (unpaired) electrons. The second kappa shape index (κ2) is 8.98. The fraction of sp³-hybridized carbons (Fsp3) is 0.571. The molecule has 0 aromatic heterocycles. The summed E-state index contributed by atoms with van der Waals surface area (Å²) >= 11 is 0. The minimum absolute atomic E-state index is 0. The van der Waals surface area contributed by atoms with E-state index in [-0.39, 0.29) is 40.7 Å². The van der Waals surface area contributed by atoms with Crippen LogP contribution in [-0.2, 0) is 19.7 Å². The quantitative estimate of drug-likeness (QED) is 0.240. The monoisotopic (exact) mass is 354 g/mol. The van der Waals surface area contributed by atoms with Gasteiger partial charge in [-0.15, -0.1) is 0 Å². The maximum atomic E-state index is 12.0. The van der Waals surface area contributed by atoms with Crippen LogP contribution < -0.4 is 40.2 Å². The first kappa shape index (κ1) is 24.6. The first-order valence-electron chi connectivity index (χ1n) is 6.63. The molecular weight excluding hydrogens is 331 g/mol. The van der Waals surface area contributed by atoms with Crippen LogP contribution in [0.25, 0.3) is 0 Å². The van der Waals surface area contributed by atoms with E-state index in [0.29, 0.717) is 0 Å². The summed E-state index contributed by atoms with van der Waals surface area (Å²) in [6.45, 7) is 15.1. The van der Waals surface area contributed by atoms with Crippen molar-refractivity contribution in [2.24, 2.45) is 5.92 Å². The Hall–Kier alpha value is -0.670. The summed E-state index contributed by atoms with van der Waals surface area (Å²) in [5.41, 5.74) is -1.02. The van der Waals surface area contributed by atoms with Gasteiger partial charge in [0.15, 0.2) is 0 Å². The number of carbonyl (C=O) groups is 2. The van der Waals surface area contributed by atoms with Crippen LogP contribution in [0.2, 0.25) is 0 Å². The van der Waals surface area contributed by atoms with E-state index in [9.17, 15) is 22.6 Å². The predicted molar refractivity (Wildman–Crippen MR) is 82.6 cm³/mol. The van der Waals surface area contributed by atoms with Crippen LogP contribution in [0.1, 0.15) is 34.6 Å². The molecule has 0 rings (SSSR count). The summed E-state index contributed by atoms with van der Waals surface area (Å²) in [4.78, 5) is 23.9. The average Bonchev–Trinajstić information content (AvgIpc) is 2.29. The summed E-state index contributed by atoms with van der Waals surface area (Å²) in [5, 5.41) is 3.08. The van der Waals surface area contributed by atoms with Gasteiger partial charge in [-0.25, -0.2) is 8.42 Å². The number of amides is 2. The van der Waals surface area contributed by atoms with Crippen molar-refractivity contribution in [1.82, 2.24) is 10.6 Å². The summed E-state index contributed by atoms with van der Waals surface area (Å²) in [6, 6.07) is 0. The Labute approximate surface area is 160 Å². The largest absolute Gasteiger partial charge is 1.00 e. The van der Waals surface area contributed by atoms with E-state index in [1.165, 1.54) is 13.8 Å². The van der Waals surface area contributed by atoms with E-state index >= 15 is 0 Å². The topological polar surface area (TPSA) is 115 Å². The minimum Gasteiger partial charge on any atom is -0.746 e. The van der Waals surface area contributed by atoms with Crippen LogP contribution >= 0.6 is 0 Å². The summed E-state index contributed by atoms with van der Waals surface area (Å²) in [6.07, 6.45) is 0. The maximum Gasteiger partial charge on any atom is 1.00 e. The third-order valence-electron chi connectivity index (χ3n) is 2.59. The number of carbonyl (C=O) groups excluding carboxylic acids is 2. The molecule has 7 nitrogen and oxygen atoms in total. The van der Waals surface area contributed by atoms with E-state index in [4.69, 9.17) is 0 Å². The van der Waals surface area contributed by atoms with Crippen LogP contribution in [-0.4, -0.2) is 35.7 Å². The van der Waals surface area contributed by atoms with Crippen molar-refractivity contribution in [2.45, 2.75) is 45.5 Å². The number of nitrogens with one attached hydrogen (secondary N) is 2. The normalized spacial score (nSPS) is 12.8. The fourth-order valence-electron chi connectivity index (χ4n) is 1.48. The maximum absolute atomic E-state index is 12.0. The molecule has 9 heteroatoms. The molecule has 0 bridgehead atoms. The van der Waals surface area contributed by atoms with Crippen LogP contribution in [0, 0.1) is 5.92 Å². The third-order valence-corrected chi connectivity index (χ3v) is 3.88. The molecule has 1 unspecified atom stereocenters. The molecule has 0 spiro atoms. The molecule has 0 aliphatic heterocycles. The summed E-state index contributed by atoms with van der Waals surface area (Å²) in [7, 11) is -4.72. The Balaban J connectivity index is 0. The zero-order valence-corrected chi connectivity index (χ0v) is 17.3. The van der Waals surface area contributed by atoms with Crippen LogP contribution in [0.4, 0.5) is 0 Å². The van der Waals surface area contributed by atoms with Crippen molar-refractivity contribution in [2.75, 3.05) is 0 Å². The van der Waals surface area contributed by atoms with Crippen molar-refractivity contribution in [3.8, 4) is 0 Å². The number of hydrogen-bond donors (Lipinski definition) is 2. The minimum atomic E-state index is -4.72. The molecule has 0 saturated carbocycles. The van der Waals surface area contributed by atoms with Gasteiger partial charge in [0.1, 0.15) is 15.5 Å². The Kier molecular flexibility index (Phi) is 9.60. The first-order valence-corrected chi connectivity index (χ1v) is 8.10. The molecule has 23 heavy (non-hydrogen) atoms. The summed E-state index contributed by atoms with van der Waals surface area (Å²) < 4.78 is 33.4. The molecule has 2 N–H and O–H groups in total. The van der Waals surface area contributed by atoms with Gasteiger partial charge in [0.2, 0.25) is 0 Å². The van der Waals surface area contributed by atoms with E-state index in [1.807, 2.05) is 0 Å². The van der Waals surface area contributed by atoms with Crippen molar-refractivity contribution >= 4 is 21.9 Å². The number of hydrogen-bond acceptors (Lipinski definition) is 5. The van der Waals surface area contributed by atoms with E-state index in [1.54, 1.807) is 20.8 Å². The van der Waals surface area contributed by atoms with Crippen molar-refractivity contribution < 1.29 is 52.1 Å². The van der Waals surface area contributed by atoms with E-state index in [2.05, 4.69) is 23.8 Å². The van der Waals surface area contributed by atoms with Gasteiger partial charge < -0.3 is 15.2 Å². The number of rotatable bonds is 6. The standard InChI is InChI=1S/C14H24N2O5S.Na/c1-8(2)13(22(19,20)21)15-11(17)9(3)10(4)12(18)16-14(5,6)7;/h8,13H,3-4H2,1-2,5-7H3,(H,15,17)(H,16,18)(H,19,20,21);/q;+1/p-1. The van der Waals surface area contributed by atoms with Gasteiger partial charge in [0.05, 0.1) is 0 Å². The molecule has 126 valence electrons. The average molecular weight is 354 g/mol. The van der Waals surface area contributed by atoms with Crippen molar-refractivity contribution in [1.29, 1.82) is 0 Å². The molecule has 2 amide bonds. The second-order valence-electron chi connectivity index (χ2n) is 6.29. The fourth-order valence-corrected chi connectivity index (χ4v) is 2.40. The SMILES string of the molecule is C=C(C(=C)C(=O)NC(C)(C)C)C(=O)NC(C(C)C)S(=O)(=O)[O-].[Na+]. The molecule has 0 aromatic rings. The van der Waals surface area contributed by atoms with Gasteiger partial charge in [-0.2, -0.15) is 0 Å². The first-order chi connectivity index (χ1) is 9.66. The van der Waals surface area contributed by atoms with Crippen LogP contribution in [0.15, 0.2) is 24.3 Å². The summed E-state index contributed by atoms with van der Waals surface area (Å²) in [5.74, 6) is -2.15. The molecule has 0 fully saturated rings. The van der Waals surface area contributed by atoms with Gasteiger partial charge >= 0.3 is 29.6 Å². The van der Waals surface area contributed by atoms with Gasteiger partial charge in [-0.3, -0.25) is 9.59 Å². The Morgan fingerprint density at radius 1 is 1.04 bits per heavy atom. The predicted octanol–water partition coefficient (Wildman–Crippen LogP) is -2.34. The molecular formula is C14H23N2NaO5S. The van der Waals surface area contributed by atoms with E-state index in [0.717, 1.165) is 0 Å². The van der Waals surface area contributed by atoms with Gasteiger partial charge in [-0.1, -0.05) is 27.0 Å². The Bertz CT molecular complexity index is 591. The smallest absolute Gasteiger partial charge is 0.746 e. The molecule has 0 heterocycles. The zero-order chi connectivity index (χ0) is 17.9. The molecule has 0 aromatic carbocycles. The van der Waals surface area contributed by atoms with E-state index < -0.39 is 38.8 Å². The zero-order valence-electron chi connectivity index (χ0n) is 14.5. The Morgan fingerprint density at radius 3 is 1.74 bits per heavy atom. The van der Waals surface area contributed by atoms with Crippen LogP contribution in [0.5, 0.6) is 0 Å². The molecule has 0 aliphatic rings. The second-order valence-corrected chi connectivity index (χ2v) is 7.79. The Morgan fingerprint density at radius 2 is 1.43 bits per heavy atom. The van der Waals surface area contributed by atoms with Crippen molar-refractivity contribution in [3.05, 3.63) is 24.3 Å². The van der Waals surface area contributed by atoms with Crippen molar-refractivity contribution in [3.63, 3.8) is 0 Å².